The number of pyridine rings is 1. The molecule has 4 nitrogen and oxygen atoms in total. The van der Waals surface area contributed by atoms with Gasteiger partial charge in [-0.05, 0) is 31.5 Å². The van der Waals surface area contributed by atoms with Crippen LogP contribution < -0.4 is 10.2 Å². The predicted molar refractivity (Wildman–Crippen MR) is 89.7 cm³/mol. The summed E-state index contributed by atoms with van der Waals surface area (Å²) < 4.78 is 0. The predicted octanol–water partition coefficient (Wildman–Crippen LogP) is 3.23. The van der Waals surface area contributed by atoms with E-state index in [2.05, 4.69) is 53.6 Å². The molecule has 0 atom stereocenters. The maximum atomic E-state index is 4.71. The highest BCUT2D eigenvalue weighted by Gasteiger charge is 2.07. The molecule has 0 aromatic carbocycles. The van der Waals surface area contributed by atoms with E-state index in [4.69, 9.17) is 4.98 Å². The molecule has 2 rings (SSSR count). The fourth-order valence-electron chi connectivity index (χ4n) is 2.07. The van der Waals surface area contributed by atoms with Crippen LogP contribution in [0.15, 0.2) is 23.6 Å². The Morgan fingerprint density at radius 3 is 2.71 bits per heavy atom. The number of rotatable bonds is 7. The van der Waals surface area contributed by atoms with Gasteiger partial charge in [0.25, 0.3) is 0 Å². The molecule has 0 aliphatic rings. The number of aromatic nitrogens is 2. The summed E-state index contributed by atoms with van der Waals surface area (Å²) in [5, 5.41) is 6.65. The van der Waals surface area contributed by atoms with Gasteiger partial charge in [0, 0.05) is 19.0 Å². The number of nitrogens with one attached hydrogen (secondary N) is 1. The van der Waals surface area contributed by atoms with Gasteiger partial charge < -0.3 is 10.2 Å². The van der Waals surface area contributed by atoms with Gasteiger partial charge in [0.2, 0.25) is 0 Å². The monoisotopic (exact) mass is 304 g/mol. The van der Waals surface area contributed by atoms with Crippen molar-refractivity contribution < 1.29 is 0 Å². The lowest BCUT2D eigenvalue weighted by atomic mass is 10.2. The summed E-state index contributed by atoms with van der Waals surface area (Å²) in [6.45, 7) is 9.07. The van der Waals surface area contributed by atoms with Crippen molar-refractivity contribution in [2.24, 2.45) is 5.92 Å². The summed E-state index contributed by atoms with van der Waals surface area (Å²) in [4.78, 5) is 11.4. The molecule has 0 saturated carbocycles. The van der Waals surface area contributed by atoms with E-state index < -0.39 is 0 Å². The lowest BCUT2D eigenvalue weighted by Crippen LogP contribution is -2.21. The molecule has 0 amide bonds. The van der Waals surface area contributed by atoms with E-state index in [0.29, 0.717) is 5.92 Å². The van der Waals surface area contributed by atoms with Crippen molar-refractivity contribution >= 4 is 17.2 Å². The molecule has 0 bridgehead atoms. The number of aryl methyl sites for hydroxylation is 1. The number of nitrogens with zero attached hydrogens (tertiary/aromatic N) is 3. The fraction of sp³-hybridized carbons (Fsp3) is 0.500. The van der Waals surface area contributed by atoms with Gasteiger partial charge in [0.1, 0.15) is 5.82 Å². The molecule has 0 radical (unpaired) electrons. The normalized spacial score (nSPS) is 11.1. The first-order valence-corrected chi connectivity index (χ1v) is 8.21. The van der Waals surface area contributed by atoms with E-state index in [1.165, 1.54) is 0 Å². The number of anilines is 1. The molecule has 2 aromatic heterocycles. The van der Waals surface area contributed by atoms with Gasteiger partial charge in [0.15, 0.2) is 0 Å². The molecule has 2 aromatic rings. The van der Waals surface area contributed by atoms with Gasteiger partial charge in [-0.15, -0.1) is 11.3 Å². The third-order valence-electron chi connectivity index (χ3n) is 3.11. The molecular weight excluding hydrogens is 280 g/mol. The smallest absolute Gasteiger partial charge is 0.128 e. The van der Waals surface area contributed by atoms with Crippen LogP contribution >= 0.6 is 11.3 Å². The third kappa shape index (κ3) is 5.10. The van der Waals surface area contributed by atoms with Gasteiger partial charge in [-0.25, -0.2) is 9.97 Å². The van der Waals surface area contributed by atoms with Gasteiger partial charge in [-0.2, -0.15) is 0 Å². The summed E-state index contributed by atoms with van der Waals surface area (Å²) in [7, 11) is 2.06. The Balaban J connectivity index is 1.95. The molecular formula is C16H24N4S. The number of hydrogen-bond acceptors (Lipinski definition) is 5. The van der Waals surface area contributed by atoms with Crippen molar-refractivity contribution in [2.45, 2.75) is 33.9 Å². The molecule has 0 aliphatic carbocycles. The maximum absolute atomic E-state index is 4.71. The minimum Gasteiger partial charge on any atom is -0.354 e. The number of thiazole rings is 1. The molecule has 1 N–H and O–H groups in total. The molecule has 0 unspecified atom stereocenters. The molecule has 2 heterocycles. The molecule has 5 heteroatoms. The van der Waals surface area contributed by atoms with Crippen molar-refractivity contribution in [2.75, 3.05) is 18.5 Å². The Bertz CT molecular complexity index is 565. The summed E-state index contributed by atoms with van der Waals surface area (Å²) in [6.07, 6.45) is 0. The lowest BCUT2D eigenvalue weighted by molar-refractivity contribution is 0.548. The summed E-state index contributed by atoms with van der Waals surface area (Å²) >= 11 is 1.69. The quantitative estimate of drug-likeness (QED) is 0.852. The van der Waals surface area contributed by atoms with E-state index in [9.17, 15) is 0 Å². The topological polar surface area (TPSA) is 41.1 Å². The highest BCUT2D eigenvalue weighted by molar-refractivity contribution is 7.09. The van der Waals surface area contributed by atoms with E-state index >= 15 is 0 Å². The van der Waals surface area contributed by atoms with Crippen molar-refractivity contribution in [1.29, 1.82) is 0 Å². The van der Waals surface area contributed by atoms with Gasteiger partial charge in [-0.3, -0.25) is 0 Å². The minimum absolute atomic E-state index is 0.656. The molecule has 114 valence electrons. The van der Waals surface area contributed by atoms with Crippen LogP contribution in [0.3, 0.4) is 0 Å². The van der Waals surface area contributed by atoms with Crippen LogP contribution in [0.2, 0.25) is 0 Å². The second-order valence-corrected chi connectivity index (χ2v) is 6.79. The Labute approximate surface area is 131 Å². The Morgan fingerprint density at radius 1 is 1.24 bits per heavy atom. The zero-order valence-corrected chi connectivity index (χ0v) is 14.1. The summed E-state index contributed by atoms with van der Waals surface area (Å²) in [5.41, 5.74) is 2.18. The standard InChI is InChI=1S/C16H24N4S/c1-12(2)8-17-9-14-6-5-7-16(19-14)20(4)10-15-11-21-13(3)18-15/h5-7,11-12,17H,8-10H2,1-4H3. The van der Waals surface area contributed by atoms with Crippen molar-refractivity contribution in [3.05, 3.63) is 40.0 Å². The highest BCUT2D eigenvalue weighted by Crippen LogP contribution is 2.15. The zero-order valence-electron chi connectivity index (χ0n) is 13.3. The van der Waals surface area contributed by atoms with E-state index in [0.717, 1.165) is 41.8 Å². The second-order valence-electron chi connectivity index (χ2n) is 5.73. The van der Waals surface area contributed by atoms with Crippen LogP contribution in [0.4, 0.5) is 5.82 Å². The van der Waals surface area contributed by atoms with Gasteiger partial charge >= 0.3 is 0 Å². The minimum atomic E-state index is 0.656. The van der Waals surface area contributed by atoms with Crippen LogP contribution in [-0.4, -0.2) is 23.6 Å². The first-order chi connectivity index (χ1) is 10.0. The molecule has 0 spiro atoms. The van der Waals surface area contributed by atoms with Crippen molar-refractivity contribution in [1.82, 2.24) is 15.3 Å². The van der Waals surface area contributed by atoms with E-state index in [1.54, 1.807) is 11.3 Å². The fourth-order valence-corrected chi connectivity index (χ4v) is 2.68. The summed E-state index contributed by atoms with van der Waals surface area (Å²) in [5.74, 6) is 1.65. The van der Waals surface area contributed by atoms with Crippen LogP contribution in [-0.2, 0) is 13.1 Å². The summed E-state index contributed by atoms with van der Waals surface area (Å²) in [6, 6.07) is 6.18. The SMILES string of the molecule is Cc1nc(CN(C)c2cccc(CNCC(C)C)n2)cs1. The highest BCUT2D eigenvalue weighted by atomic mass is 32.1. The first kappa shape index (κ1) is 15.9. The van der Waals surface area contributed by atoms with Crippen molar-refractivity contribution in [3.63, 3.8) is 0 Å². The van der Waals surface area contributed by atoms with Crippen molar-refractivity contribution in [3.8, 4) is 0 Å². The lowest BCUT2D eigenvalue weighted by Gasteiger charge is -2.18. The van der Waals surface area contributed by atoms with E-state index in [1.807, 2.05) is 13.0 Å². The third-order valence-corrected chi connectivity index (χ3v) is 3.93. The average Bonchev–Trinajstić information content (AvgIpc) is 2.84. The Hall–Kier alpha value is -1.46. The molecule has 0 saturated heterocycles. The number of hydrogen-bond donors (Lipinski definition) is 1. The molecule has 0 fully saturated rings. The average molecular weight is 304 g/mol. The molecule has 21 heavy (non-hydrogen) atoms. The second kappa shape index (κ2) is 7.52. The van der Waals surface area contributed by atoms with Gasteiger partial charge in [0.05, 0.1) is 22.9 Å². The Morgan fingerprint density at radius 2 is 2.05 bits per heavy atom. The first-order valence-electron chi connectivity index (χ1n) is 7.33. The van der Waals surface area contributed by atoms with E-state index in [-0.39, 0.29) is 0 Å². The Kier molecular flexibility index (Phi) is 5.70. The maximum Gasteiger partial charge on any atom is 0.128 e. The zero-order chi connectivity index (χ0) is 15.2. The van der Waals surface area contributed by atoms with Crippen LogP contribution in [0, 0.1) is 12.8 Å². The van der Waals surface area contributed by atoms with Crippen LogP contribution in [0.25, 0.3) is 0 Å². The largest absolute Gasteiger partial charge is 0.354 e. The molecule has 0 aliphatic heterocycles. The van der Waals surface area contributed by atoms with Crippen LogP contribution in [0.5, 0.6) is 0 Å². The van der Waals surface area contributed by atoms with Gasteiger partial charge in [-0.1, -0.05) is 19.9 Å². The van der Waals surface area contributed by atoms with Crippen LogP contribution in [0.1, 0.15) is 30.2 Å².